The van der Waals surface area contributed by atoms with Crippen LogP contribution in [0.25, 0.3) is 0 Å². The molecule has 1 aromatic carbocycles. The standard InChI is InChI=1S/C14H13NO2/c16-12-2-1-3-13-14(12)11(6-9-17-13)10-4-7-15-8-5-10/h1-5,7-8,11,16H,6,9H2. The first kappa shape index (κ1) is 10.1. The van der Waals surface area contributed by atoms with Crippen LogP contribution in [0.3, 0.4) is 0 Å². The van der Waals surface area contributed by atoms with Gasteiger partial charge in [-0.1, -0.05) is 6.07 Å². The molecule has 0 radical (unpaired) electrons. The molecule has 86 valence electrons. The maximum Gasteiger partial charge on any atom is 0.126 e. The molecule has 3 heteroatoms. The molecule has 2 aromatic rings. The number of rotatable bonds is 1. The van der Waals surface area contributed by atoms with Gasteiger partial charge in [0, 0.05) is 23.9 Å². The second-order valence-electron chi connectivity index (χ2n) is 4.16. The van der Waals surface area contributed by atoms with Gasteiger partial charge in [0.05, 0.1) is 6.61 Å². The van der Waals surface area contributed by atoms with E-state index in [0.29, 0.717) is 12.4 Å². The number of phenols is 1. The second kappa shape index (κ2) is 4.09. The molecule has 0 aliphatic carbocycles. The normalized spacial score (nSPS) is 18.2. The number of ether oxygens (including phenoxy) is 1. The fourth-order valence-electron chi connectivity index (χ4n) is 2.37. The van der Waals surface area contributed by atoms with Crippen LogP contribution in [0.5, 0.6) is 11.5 Å². The SMILES string of the molecule is Oc1cccc2c1C(c1ccncc1)CCO2. The molecule has 0 fully saturated rings. The van der Waals surface area contributed by atoms with E-state index in [9.17, 15) is 5.11 Å². The first-order valence-corrected chi connectivity index (χ1v) is 5.71. The number of benzene rings is 1. The number of phenolic OH excluding ortho intramolecular Hbond substituents is 1. The van der Waals surface area contributed by atoms with Gasteiger partial charge < -0.3 is 9.84 Å². The summed E-state index contributed by atoms with van der Waals surface area (Å²) in [6.45, 7) is 0.684. The number of hydrogen-bond acceptors (Lipinski definition) is 3. The average Bonchev–Trinajstić information content (AvgIpc) is 2.39. The van der Waals surface area contributed by atoms with Crippen LogP contribution in [0, 0.1) is 0 Å². The van der Waals surface area contributed by atoms with Crippen molar-refractivity contribution in [3.05, 3.63) is 53.9 Å². The summed E-state index contributed by atoms with van der Waals surface area (Å²) in [6, 6.07) is 9.41. The van der Waals surface area contributed by atoms with Crippen molar-refractivity contribution in [1.29, 1.82) is 0 Å². The molecule has 17 heavy (non-hydrogen) atoms. The molecular weight excluding hydrogens is 214 g/mol. The summed E-state index contributed by atoms with van der Waals surface area (Å²) in [4.78, 5) is 4.02. The lowest BCUT2D eigenvalue weighted by atomic mass is 9.86. The third kappa shape index (κ3) is 1.73. The molecule has 2 heterocycles. The molecule has 0 saturated carbocycles. The van der Waals surface area contributed by atoms with Crippen molar-refractivity contribution >= 4 is 0 Å². The van der Waals surface area contributed by atoms with Crippen molar-refractivity contribution in [3.63, 3.8) is 0 Å². The molecular formula is C14H13NO2. The largest absolute Gasteiger partial charge is 0.508 e. The Bertz CT molecular complexity index is 525. The van der Waals surface area contributed by atoms with Crippen molar-refractivity contribution in [3.8, 4) is 11.5 Å². The summed E-state index contributed by atoms with van der Waals surface area (Å²) in [5.41, 5.74) is 2.07. The number of fused-ring (bicyclic) bond motifs is 1. The molecule has 0 saturated heterocycles. The van der Waals surface area contributed by atoms with Crippen LogP contribution in [-0.2, 0) is 0 Å². The Hall–Kier alpha value is -2.03. The summed E-state index contributed by atoms with van der Waals surface area (Å²) in [7, 11) is 0. The highest BCUT2D eigenvalue weighted by molar-refractivity contribution is 5.51. The minimum Gasteiger partial charge on any atom is -0.508 e. The third-order valence-corrected chi connectivity index (χ3v) is 3.16. The van der Waals surface area contributed by atoms with E-state index in [4.69, 9.17) is 4.74 Å². The van der Waals surface area contributed by atoms with Crippen LogP contribution in [0.4, 0.5) is 0 Å². The fourth-order valence-corrected chi connectivity index (χ4v) is 2.37. The fraction of sp³-hybridized carbons (Fsp3) is 0.214. The van der Waals surface area contributed by atoms with Crippen LogP contribution in [0.2, 0.25) is 0 Å². The highest BCUT2D eigenvalue weighted by Crippen LogP contribution is 2.42. The maximum atomic E-state index is 9.99. The molecule has 0 spiro atoms. The summed E-state index contributed by atoms with van der Waals surface area (Å²) < 4.78 is 5.58. The smallest absolute Gasteiger partial charge is 0.126 e. The molecule has 0 amide bonds. The Morgan fingerprint density at radius 1 is 1.18 bits per heavy atom. The summed E-state index contributed by atoms with van der Waals surface area (Å²) in [5, 5.41) is 9.99. The van der Waals surface area contributed by atoms with E-state index in [1.54, 1.807) is 18.5 Å². The van der Waals surface area contributed by atoms with Crippen molar-refractivity contribution in [2.24, 2.45) is 0 Å². The number of aromatic nitrogens is 1. The van der Waals surface area contributed by atoms with Crippen LogP contribution in [0.15, 0.2) is 42.7 Å². The van der Waals surface area contributed by atoms with E-state index < -0.39 is 0 Å². The second-order valence-corrected chi connectivity index (χ2v) is 4.16. The van der Waals surface area contributed by atoms with Gasteiger partial charge >= 0.3 is 0 Å². The topological polar surface area (TPSA) is 42.4 Å². The third-order valence-electron chi connectivity index (χ3n) is 3.16. The Labute approximate surface area is 99.7 Å². The van der Waals surface area contributed by atoms with Gasteiger partial charge in [-0.15, -0.1) is 0 Å². The minimum absolute atomic E-state index is 0.197. The van der Waals surface area contributed by atoms with Crippen LogP contribution < -0.4 is 4.74 Å². The zero-order chi connectivity index (χ0) is 11.7. The average molecular weight is 227 g/mol. The molecule has 3 rings (SSSR count). The van der Waals surface area contributed by atoms with Crippen molar-refractivity contribution in [2.45, 2.75) is 12.3 Å². The van der Waals surface area contributed by atoms with Gasteiger partial charge in [-0.25, -0.2) is 0 Å². The summed E-state index contributed by atoms with van der Waals surface area (Å²) >= 11 is 0. The molecule has 1 unspecified atom stereocenters. The van der Waals surface area contributed by atoms with Crippen molar-refractivity contribution in [2.75, 3.05) is 6.61 Å². The van der Waals surface area contributed by atoms with Crippen LogP contribution >= 0.6 is 0 Å². The predicted octanol–water partition coefficient (Wildman–Crippen LogP) is 2.70. The summed E-state index contributed by atoms with van der Waals surface area (Å²) in [6.07, 6.45) is 4.45. The van der Waals surface area contributed by atoms with Gasteiger partial charge in [0.2, 0.25) is 0 Å². The maximum absolute atomic E-state index is 9.99. The van der Waals surface area contributed by atoms with E-state index in [-0.39, 0.29) is 5.92 Å². The first-order valence-electron chi connectivity index (χ1n) is 5.71. The molecule has 0 bridgehead atoms. The molecule has 1 aliphatic rings. The molecule has 1 N–H and O–H groups in total. The van der Waals surface area contributed by atoms with Gasteiger partial charge in [-0.05, 0) is 36.2 Å². The van der Waals surface area contributed by atoms with E-state index in [2.05, 4.69) is 4.98 Å². The Morgan fingerprint density at radius 2 is 2.00 bits per heavy atom. The zero-order valence-electron chi connectivity index (χ0n) is 9.34. The van der Waals surface area contributed by atoms with Gasteiger partial charge in [0.15, 0.2) is 0 Å². The highest BCUT2D eigenvalue weighted by atomic mass is 16.5. The Balaban J connectivity index is 2.11. The van der Waals surface area contributed by atoms with Crippen LogP contribution in [-0.4, -0.2) is 16.7 Å². The van der Waals surface area contributed by atoms with Crippen molar-refractivity contribution < 1.29 is 9.84 Å². The van der Waals surface area contributed by atoms with E-state index >= 15 is 0 Å². The molecule has 1 atom stereocenters. The predicted molar refractivity (Wildman–Crippen MR) is 64.3 cm³/mol. The Morgan fingerprint density at radius 3 is 2.82 bits per heavy atom. The molecule has 3 nitrogen and oxygen atoms in total. The highest BCUT2D eigenvalue weighted by Gasteiger charge is 2.25. The van der Waals surface area contributed by atoms with Crippen LogP contribution in [0.1, 0.15) is 23.5 Å². The zero-order valence-corrected chi connectivity index (χ0v) is 9.34. The van der Waals surface area contributed by atoms with E-state index in [1.807, 2.05) is 24.3 Å². The molecule has 1 aromatic heterocycles. The van der Waals surface area contributed by atoms with E-state index in [1.165, 1.54) is 5.56 Å². The number of pyridine rings is 1. The van der Waals surface area contributed by atoms with Gasteiger partial charge in [0.25, 0.3) is 0 Å². The Kier molecular flexibility index (Phi) is 2.44. The lowest BCUT2D eigenvalue weighted by Gasteiger charge is -2.26. The van der Waals surface area contributed by atoms with Gasteiger partial charge in [-0.2, -0.15) is 0 Å². The van der Waals surface area contributed by atoms with Gasteiger partial charge in [0.1, 0.15) is 11.5 Å². The number of hydrogen-bond donors (Lipinski definition) is 1. The number of aromatic hydroxyl groups is 1. The monoisotopic (exact) mass is 227 g/mol. The van der Waals surface area contributed by atoms with Crippen molar-refractivity contribution in [1.82, 2.24) is 4.98 Å². The van der Waals surface area contributed by atoms with E-state index in [0.717, 1.165) is 17.7 Å². The summed E-state index contributed by atoms with van der Waals surface area (Å²) in [5.74, 6) is 1.30. The lowest BCUT2D eigenvalue weighted by molar-refractivity contribution is 0.272. The van der Waals surface area contributed by atoms with Gasteiger partial charge in [-0.3, -0.25) is 4.98 Å². The number of nitrogens with zero attached hydrogens (tertiary/aromatic N) is 1. The molecule has 1 aliphatic heterocycles. The first-order chi connectivity index (χ1) is 8.36. The minimum atomic E-state index is 0.197. The lowest BCUT2D eigenvalue weighted by Crippen LogP contribution is -2.15. The quantitative estimate of drug-likeness (QED) is 0.814.